The molecule has 0 N–H and O–H groups in total. The minimum Gasteiger partial charge on any atom is -0.497 e. The van der Waals surface area contributed by atoms with Crippen LogP contribution in [0.25, 0.3) is 0 Å². The van der Waals surface area contributed by atoms with Gasteiger partial charge in [-0.3, -0.25) is 0 Å². The van der Waals surface area contributed by atoms with Gasteiger partial charge in [0.25, 0.3) is 0 Å². The second kappa shape index (κ2) is 5.53. The van der Waals surface area contributed by atoms with Crippen LogP contribution in [-0.2, 0) is 0 Å². The van der Waals surface area contributed by atoms with Crippen molar-refractivity contribution in [2.24, 2.45) is 0 Å². The number of benzene rings is 2. The average molecular weight is 309 g/mol. The zero-order valence-corrected chi connectivity index (χ0v) is 11.9. The highest BCUT2D eigenvalue weighted by atomic mass is 79.9. The van der Waals surface area contributed by atoms with Gasteiger partial charge in [0.1, 0.15) is 11.6 Å². The minimum atomic E-state index is -0.266. The molecule has 18 heavy (non-hydrogen) atoms. The maximum absolute atomic E-state index is 14.0. The Balaban J connectivity index is 2.37. The van der Waals surface area contributed by atoms with Gasteiger partial charge in [0.15, 0.2) is 0 Å². The van der Waals surface area contributed by atoms with Gasteiger partial charge in [-0.1, -0.05) is 51.8 Å². The van der Waals surface area contributed by atoms with E-state index in [-0.39, 0.29) is 10.6 Å². The van der Waals surface area contributed by atoms with Crippen LogP contribution in [0.15, 0.2) is 42.5 Å². The summed E-state index contributed by atoms with van der Waals surface area (Å²) in [7, 11) is 1.53. The predicted octanol–water partition coefficient (Wildman–Crippen LogP) is 4.63. The summed E-state index contributed by atoms with van der Waals surface area (Å²) in [6.45, 7) is 2.02. The smallest absolute Gasteiger partial charge is 0.131 e. The molecule has 1 unspecified atom stereocenters. The number of aryl methyl sites for hydroxylation is 1. The highest BCUT2D eigenvalue weighted by Crippen LogP contribution is 2.33. The van der Waals surface area contributed by atoms with Crippen LogP contribution in [0.5, 0.6) is 5.75 Å². The van der Waals surface area contributed by atoms with Gasteiger partial charge in [0.05, 0.1) is 11.9 Å². The molecule has 0 aliphatic heterocycles. The molecule has 1 atom stereocenters. The van der Waals surface area contributed by atoms with Crippen LogP contribution in [-0.4, -0.2) is 7.11 Å². The van der Waals surface area contributed by atoms with E-state index in [4.69, 9.17) is 4.74 Å². The van der Waals surface area contributed by atoms with E-state index in [1.54, 1.807) is 12.1 Å². The Labute approximate surface area is 115 Å². The highest BCUT2D eigenvalue weighted by Gasteiger charge is 2.15. The third-order valence-corrected chi connectivity index (χ3v) is 3.84. The van der Waals surface area contributed by atoms with Crippen LogP contribution < -0.4 is 4.74 Å². The van der Waals surface area contributed by atoms with Crippen LogP contribution in [0.1, 0.15) is 21.5 Å². The fourth-order valence-corrected chi connectivity index (χ4v) is 2.50. The SMILES string of the molecule is COc1ccc(C(Br)c2cccc(C)c2)c(F)c1. The molecule has 0 heterocycles. The van der Waals surface area contributed by atoms with E-state index >= 15 is 0 Å². The maximum Gasteiger partial charge on any atom is 0.131 e. The zero-order chi connectivity index (χ0) is 13.1. The molecule has 2 rings (SSSR count). The molecule has 2 aromatic carbocycles. The molecule has 0 spiro atoms. The number of halogens is 2. The van der Waals surface area contributed by atoms with E-state index in [1.165, 1.54) is 13.2 Å². The van der Waals surface area contributed by atoms with Crippen molar-refractivity contribution in [2.75, 3.05) is 7.11 Å². The van der Waals surface area contributed by atoms with E-state index < -0.39 is 0 Å². The van der Waals surface area contributed by atoms with E-state index in [1.807, 2.05) is 31.2 Å². The summed E-state index contributed by atoms with van der Waals surface area (Å²) in [6, 6.07) is 12.9. The van der Waals surface area contributed by atoms with Crippen molar-refractivity contribution in [2.45, 2.75) is 11.8 Å². The molecule has 0 aromatic heterocycles. The zero-order valence-electron chi connectivity index (χ0n) is 10.3. The molecule has 0 fully saturated rings. The molecule has 0 aliphatic carbocycles. The molecule has 0 radical (unpaired) electrons. The molecular formula is C15H14BrFO. The Morgan fingerprint density at radius 3 is 2.56 bits per heavy atom. The van der Waals surface area contributed by atoms with Crippen LogP contribution in [0.2, 0.25) is 0 Å². The Morgan fingerprint density at radius 2 is 1.94 bits per heavy atom. The topological polar surface area (TPSA) is 9.23 Å². The summed E-state index contributed by atoms with van der Waals surface area (Å²) < 4.78 is 19.0. The molecule has 2 aromatic rings. The van der Waals surface area contributed by atoms with Gasteiger partial charge in [-0.15, -0.1) is 0 Å². The lowest BCUT2D eigenvalue weighted by Crippen LogP contribution is -1.97. The van der Waals surface area contributed by atoms with Crippen molar-refractivity contribution in [3.05, 3.63) is 65.0 Å². The minimum absolute atomic E-state index is 0.150. The van der Waals surface area contributed by atoms with Gasteiger partial charge in [0, 0.05) is 11.6 Å². The van der Waals surface area contributed by atoms with Crippen LogP contribution in [0, 0.1) is 12.7 Å². The van der Waals surface area contributed by atoms with Crippen LogP contribution in [0.4, 0.5) is 4.39 Å². The molecule has 0 saturated heterocycles. The Morgan fingerprint density at radius 1 is 1.17 bits per heavy atom. The molecule has 0 saturated carbocycles. The molecule has 0 amide bonds. The first-order chi connectivity index (χ1) is 8.61. The normalized spacial score (nSPS) is 12.2. The monoisotopic (exact) mass is 308 g/mol. The molecule has 94 valence electrons. The second-order valence-corrected chi connectivity index (χ2v) is 5.08. The fourth-order valence-electron chi connectivity index (χ4n) is 1.85. The van der Waals surface area contributed by atoms with E-state index in [0.717, 1.165) is 11.1 Å². The molecular weight excluding hydrogens is 295 g/mol. The number of hydrogen-bond acceptors (Lipinski definition) is 1. The Hall–Kier alpha value is -1.35. The fraction of sp³-hybridized carbons (Fsp3) is 0.200. The van der Waals surface area contributed by atoms with Gasteiger partial charge in [-0.25, -0.2) is 4.39 Å². The van der Waals surface area contributed by atoms with E-state index in [2.05, 4.69) is 15.9 Å². The van der Waals surface area contributed by atoms with E-state index in [0.29, 0.717) is 11.3 Å². The largest absolute Gasteiger partial charge is 0.497 e. The van der Waals surface area contributed by atoms with Crippen molar-refractivity contribution >= 4 is 15.9 Å². The number of ether oxygens (including phenoxy) is 1. The number of methoxy groups -OCH3 is 1. The summed E-state index contributed by atoms with van der Waals surface area (Å²) >= 11 is 3.54. The van der Waals surface area contributed by atoms with Crippen molar-refractivity contribution in [3.8, 4) is 5.75 Å². The maximum atomic E-state index is 14.0. The first-order valence-corrected chi connectivity index (χ1v) is 6.57. The lowest BCUT2D eigenvalue weighted by atomic mass is 10.0. The Kier molecular flexibility index (Phi) is 4.02. The van der Waals surface area contributed by atoms with Crippen molar-refractivity contribution in [1.82, 2.24) is 0 Å². The molecule has 0 aliphatic rings. The summed E-state index contributed by atoms with van der Waals surface area (Å²) in [4.78, 5) is -0.150. The quantitative estimate of drug-likeness (QED) is 0.751. The van der Waals surface area contributed by atoms with Gasteiger partial charge in [-0.05, 0) is 18.6 Å². The summed E-state index contributed by atoms with van der Waals surface area (Å²) in [5.74, 6) is 0.262. The Bertz CT molecular complexity index is 554. The molecule has 3 heteroatoms. The lowest BCUT2D eigenvalue weighted by molar-refractivity contribution is 0.411. The third kappa shape index (κ3) is 2.72. The highest BCUT2D eigenvalue weighted by molar-refractivity contribution is 9.09. The standard InChI is InChI=1S/C15H14BrFO/c1-10-4-3-5-11(8-10)15(16)13-7-6-12(18-2)9-14(13)17/h3-9,15H,1-2H3. The van der Waals surface area contributed by atoms with Gasteiger partial charge in [0.2, 0.25) is 0 Å². The second-order valence-electron chi connectivity index (χ2n) is 4.16. The predicted molar refractivity (Wildman–Crippen MR) is 74.9 cm³/mol. The summed E-state index contributed by atoms with van der Waals surface area (Å²) in [5, 5.41) is 0. The van der Waals surface area contributed by atoms with Gasteiger partial charge >= 0.3 is 0 Å². The third-order valence-electron chi connectivity index (χ3n) is 2.82. The van der Waals surface area contributed by atoms with Gasteiger partial charge in [-0.2, -0.15) is 0 Å². The van der Waals surface area contributed by atoms with Crippen LogP contribution >= 0.6 is 15.9 Å². The van der Waals surface area contributed by atoms with Crippen molar-refractivity contribution in [3.63, 3.8) is 0 Å². The number of hydrogen-bond donors (Lipinski definition) is 0. The first kappa shape index (κ1) is 13.1. The average Bonchev–Trinajstić information content (AvgIpc) is 2.37. The van der Waals surface area contributed by atoms with Crippen molar-refractivity contribution in [1.29, 1.82) is 0 Å². The number of alkyl halides is 1. The van der Waals surface area contributed by atoms with E-state index in [9.17, 15) is 4.39 Å². The summed E-state index contributed by atoms with van der Waals surface area (Å²) in [5.41, 5.74) is 2.81. The van der Waals surface area contributed by atoms with Gasteiger partial charge < -0.3 is 4.74 Å². The van der Waals surface area contributed by atoms with Crippen molar-refractivity contribution < 1.29 is 9.13 Å². The summed E-state index contributed by atoms with van der Waals surface area (Å²) in [6.07, 6.45) is 0. The first-order valence-electron chi connectivity index (χ1n) is 5.66. The van der Waals surface area contributed by atoms with Crippen LogP contribution in [0.3, 0.4) is 0 Å². The molecule has 1 nitrogen and oxygen atoms in total. The number of rotatable bonds is 3. The lowest BCUT2D eigenvalue weighted by Gasteiger charge is -2.13. The molecule has 0 bridgehead atoms.